The van der Waals surface area contributed by atoms with Gasteiger partial charge in [0.15, 0.2) is 0 Å². The van der Waals surface area contributed by atoms with E-state index < -0.39 is 0 Å². The molecule has 0 spiro atoms. The molecule has 1 aromatic carbocycles. The summed E-state index contributed by atoms with van der Waals surface area (Å²) in [5, 5.41) is 12.0. The van der Waals surface area contributed by atoms with Crippen LogP contribution in [0.5, 0.6) is 0 Å². The van der Waals surface area contributed by atoms with E-state index in [1.807, 2.05) is 31.2 Å². The van der Waals surface area contributed by atoms with Gasteiger partial charge >= 0.3 is 0 Å². The van der Waals surface area contributed by atoms with Crippen molar-refractivity contribution in [2.45, 2.75) is 32.9 Å². The van der Waals surface area contributed by atoms with E-state index in [0.717, 1.165) is 16.9 Å². The Kier molecular flexibility index (Phi) is 5.45. The molecule has 0 unspecified atom stereocenters. The lowest BCUT2D eigenvalue weighted by Crippen LogP contribution is -2.17. The van der Waals surface area contributed by atoms with Crippen molar-refractivity contribution in [1.29, 1.82) is 0 Å². The van der Waals surface area contributed by atoms with Gasteiger partial charge < -0.3 is 5.32 Å². The van der Waals surface area contributed by atoms with Gasteiger partial charge in [0.05, 0.1) is 12.7 Å². The van der Waals surface area contributed by atoms with Gasteiger partial charge in [0.2, 0.25) is 5.91 Å². The van der Waals surface area contributed by atoms with E-state index in [2.05, 4.69) is 20.5 Å². The number of aryl methyl sites for hydroxylation is 2. The maximum atomic E-state index is 12.2. The number of halogens is 1. The summed E-state index contributed by atoms with van der Waals surface area (Å²) in [5.74, 6) is 0.682. The molecule has 25 heavy (non-hydrogen) atoms. The van der Waals surface area contributed by atoms with Gasteiger partial charge in [-0.25, -0.2) is 9.67 Å². The van der Waals surface area contributed by atoms with Crippen LogP contribution >= 0.6 is 11.6 Å². The molecule has 2 aromatic heterocycles. The SMILES string of the molecule is Cc1cnn(Cc2ccc(Cl)cc2)c1NC(=O)CCCn1cncn1. The Labute approximate surface area is 150 Å². The zero-order valence-electron chi connectivity index (χ0n) is 13.9. The highest BCUT2D eigenvalue weighted by molar-refractivity contribution is 6.30. The molecule has 1 N–H and O–H groups in total. The van der Waals surface area contributed by atoms with Crippen LogP contribution in [0.3, 0.4) is 0 Å². The third-order valence-electron chi connectivity index (χ3n) is 3.78. The van der Waals surface area contributed by atoms with Gasteiger partial charge in [0.25, 0.3) is 0 Å². The zero-order valence-corrected chi connectivity index (χ0v) is 14.6. The second-order valence-corrected chi connectivity index (χ2v) is 6.21. The molecule has 0 aliphatic heterocycles. The lowest BCUT2D eigenvalue weighted by molar-refractivity contribution is -0.116. The van der Waals surface area contributed by atoms with Crippen LogP contribution in [0.1, 0.15) is 24.0 Å². The molecule has 0 saturated carbocycles. The van der Waals surface area contributed by atoms with Crippen molar-refractivity contribution in [3.8, 4) is 0 Å². The number of aromatic nitrogens is 5. The molecule has 0 radical (unpaired) electrons. The van der Waals surface area contributed by atoms with Crippen molar-refractivity contribution in [3.05, 3.63) is 59.3 Å². The van der Waals surface area contributed by atoms with Gasteiger partial charge in [0.1, 0.15) is 18.5 Å². The average molecular weight is 359 g/mol. The molecule has 7 nitrogen and oxygen atoms in total. The Morgan fingerprint density at radius 1 is 1.24 bits per heavy atom. The van der Waals surface area contributed by atoms with Crippen LogP contribution in [0.2, 0.25) is 5.02 Å². The van der Waals surface area contributed by atoms with E-state index in [9.17, 15) is 4.79 Å². The number of nitrogens with one attached hydrogen (secondary N) is 1. The largest absolute Gasteiger partial charge is 0.311 e. The Morgan fingerprint density at radius 2 is 2.04 bits per heavy atom. The van der Waals surface area contributed by atoms with Crippen LogP contribution in [0.15, 0.2) is 43.1 Å². The lowest BCUT2D eigenvalue weighted by atomic mass is 10.2. The summed E-state index contributed by atoms with van der Waals surface area (Å²) in [5.41, 5.74) is 1.99. The molecule has 0 aliphatic rings. The zero-order chi connectivity index (χ0) is 17.6. The second-order valence-electron chi connectivity index (χ2n) is 5.77. The number of benzene rings is 1. The molecule has 3 aromatic rings. The first-order valence-electron chi connectivity index (χ1n) is 8.01. The van der Waals surface area contributed by atoms with Crippen LogP contribution in [-0.4, -0.2) is 30.5 Å². The van der Waals surface area contributed by atoms with Gasteiger partial charge in [-0.05, 0) is 31.0 Å². The normalized spacial score (nSPS) is 10.8. The molecule has 8 heteroatoms. The highest BCUT2D eigenvalue weighted by atomic mass is 35.5. The number of hydrogen-bond donors (Lipinski definition) is 1. The van der Waals surface area contributed by atoms with Crippen LogP contribution in [-0.2, 0) is 17.9 Å². The fraction of sp³-hybridized carbons (Fsp3) is 0.294. The topological polar surface area (TPSA) is 77.6 Å². The molecule has 0 saturated heterocycles. The lowest BCUT2D eigenvalue weighted by Gasteiger charge is -2.10. The van der Waals surface area contributed by atoms with Crippen molar-refractivity contribution in [1.82, 2.24) is 24.5 Å². The van der Waals surface area contributed by atoms with Gasteiger partial charge in [-0.15, -0.1) is 0 Å². The van der Waals surface area contributed by atoms with Crippen LogP contribution in [0.4, 0.5) is 5.82 Å². The van der Waals surface area contributed by atoms with E-state index in [1.54, 1.807) is 21.9 Å². The minimum Gasteiger partial charge on any atom is -0.311 e. The van der Waals surface area contributed by atoms with E-state index in [1.165, 1.54) is 6.33 Å². The van der Waals surface area contributed by atoms with Crippen LogP contribution in [0, 0.1) is 6.92 Å². The smallest absolute Gasteiger partial charge is 0.225 e. The van der Waals surface area contributed by atoms with Crippen LogP contribution < -0.4 is 5.32 Å². The predicted molar refractivity (Wildman–Crippen MR) is 95.4 cm³/mol. The molecule has 3 rings (SSSR count). The van der Waals surface area contributed by atoms with Gasteiger partial charge in [-0.1, -0.05) is 23.7 Å². The molecular weight excluding hydrogens is 340 g/mol. The first-order valence-corrected chi connectivity index (χ1v) is 8.39. The van der Waals surface area contributed by atoms with Gasteiger partial charge in [-0.2, -0.15) is 10.2 Å². The maximum absolute atomic E-state index is 12.2. The van der Waals surface area contributed by atoms with Crippen molar-refractivity contribution < 1.29 is 4.79 Å². The molecular formula is C17H19ClN6O. The van der Waals surface area contributed by atoms with E-state index in [4.69, 9.17) is 11.6 Å². The van der Waals surface area contributed by atoms with Gasteiger partial charge in [-0.3, -0.25) is 9.48 Å². The number of anilines is 1. The van der Waals surface area contributed by atoms with E-state index >= 15 is 0 Å². The number of nitrogens with zero attached hydrogens (tertiary/aromatic N) is 5. The Balaban J connectivity index is 1.58. The highest BCUT2D eigenvalue weighted by Gasteiger charge is 2.11. The first kappa shape index (κ1) is 17.2. The van der Waals surface area contributed by atoms with Crippen molar-refractivity contribution >= 4 is 23.3 Å². The molecule has 130 valence electrons. The number of carbonyl (C=O) groups excluding carboxylic acids is 1. The Bertz CT molecular complexity index is 825. The van der Waals surface area contributed by atoms with Crippen molar-refractivity contribution in [3.63, 3.8) is 0 Å². The highest BCUT2D eigenvalue weighted by Crippen LogP contribution is 2.17. The summed E-state index contributed by atoms with van der Waals surface area (Å²) >= 11 is 5.91. The monoisotopic (exact) mass is 358 g/mol. The minimum atomic E-state index is -0.0407. The fourth-order valence-corrected chi connectivity index (χ4v) is 2.59. The quantitative estimate of drug-likeness (QED) is 0.704. The molecule has 0 aliphatic carbocycles. The van der Waals surface area contributed by atoms with Crippen molar-refractivity contribution in [2.75, 3.05) is 5.32 Å². The Hall–Kier alpha value is -2.67. The summed E-state index contributed by atoms with van der Waals surface area (Å²) < 4.78 is 3.50. The third-order valence-corrected chi connectivity index (χ3v) is 4.04. The summed E-state index contributed by atoms with van der Waals surface area (Å²) in [6, 6.07) is 7.58. The standard InChI is InChI=1S/C17H19ClN6O/c1-13-9-20-24(10-14-4-6-15(18)7-5-14)17(13)22-16(25)3-2-8-23-12-19-11-21-23/h4-7,9,11-12H,2-3,8,10H2,1H3,(H,22,25). The number of carbonyl (C=O) groups is 1. The summed E-state index contributed by atoms with van der Waals surface area (Å²) in [7, 11) is 0. The van der Waals surface area contributed by atoms with E-state index in [0.29, 0.717) is 31.0 Å². The first-order chi connectivity index (χ1) is 12.1. The summed E-state index contributed by atoms with van der Waals surface area (Å²) in [4.78, 5) is 16.1. The van der Waals surface area contributed by atoms with Crippen molar-refractivity contribution in [2.24, 2.45) is 0 Å². The number of hydrogen-bond acceptors (Lipinski definition) is 4. The number of amides is 1. The fourth-order valence-electron chi connectivity index (χ4n) is 2.47. The Morgan fingerprint density at radius 3 is 2.76 bits per heavy atom. The molecule has 0 fully saturated rings. The molecule has 0 bridgehead atoms. The summed E-state index contributed by atoms with van der Waals surface area (Å²) in [6.45, 7) is 3.16. The third kappa shape index (κ3) is 4.67. The van der Waals surface area contributed by atoms with E-state index in [-0.39, 0.29) is 5.91 Å². The molecule has 1 amide bonds. The van der Waals surface area contributed by atoms with Gasteiger partial charge in [0, 0.05) is 23.6 Å². The maximum Gasteiger partial charge on any atom is 0.225 e. The molecule has 0 atom stereocenters. The molecule has 2 heterocycles. The average Bonchev–Trinajstić information content (AvgIpc) is 3.22. The minimum absolute atomic E-state index is 0.0407. The predicted octanol–water partition coefficient (Wildman–Crippen LogP) is 2.90. The second kappa shape index (κ2) is 7.94. The number of rotatable bonds is 7. The summed E-state index contributed by atoms with van der Waals surface area (Å²) in [6.07, 6.45) is 5.98. The van der Waals surface area contributed by atoms with Crippen LogP contribution in [0.25, 0.3) is 0 Å².